The van der Waals surface area contributed by atoms with Crippen molar-refractivity contribution in [2.45, 2.75) is 23.3 Å². The summed E-state index contributed by atoms with van der Waals surface area (Å²) in [6.45, 7) is 1.88. The molecule has 1 amide bonds. The zero-order valence-electron chi connectivity index (χ0n) is 10.1. The average molecular weight is 252 g/mol. The molecule has 2 atom stereocenters. The lowest BCUT2D eigenvalue weighted by Crippen LogP contribution is -2.27. The van der Waals surface area contributed by atoms with Crippen molar-refractivity contribution in [1.82, 2.24) is 4.90 Å². The first-order valence-corrected chi connectivity index (χ1v) is 6.33. The van der Waals surface area contributed by atoms with Crippen molar-refractivity contribution in [3.05, 3.63) is 23.8 Å². The fraction of sp³-hybridized carbons (Fsp3) is 0.417. The molecule has 0 aromatic heterocycles. The van der Waals surface area contributed by atoms with Crippen LogP contribution in [0.15, 0.2) is 23.1 Å². The molecular weight excluding hydrogens is 236 g/mol. The van der Waals surface area contributed by atoms with Gasteiger partial charge in [-0.1, -0.05) is 6.07 Å². The SMILES string of the molecule is CC1Sc2ccc(C(O)N(C)C)cc2NC1=O. The monoisotopic (exact) mass is 252 g/mol. The lowest BCUT2D eigenvalue weighted by atomic mass is 10.1. The predicted molar refractivity (Wildman–Crippen MR) is 69.0 cm³/mol. The molecule has 0 saturated heterocycles. The van der Waals surface area contributed by atoms with E-state index in [1.165, 1.54) is 0 Å². The van der Waals surface area contributed by atoms with Gasteiger partial charge in [-0.05, 0) is 38.7 Å². The standard InChI is InChI=1S/C12H16N2O2S/c1-7-11(15)13-9-6-8(12(16)14(2)3)4-5-10(9)17-7/h4-7,12,16H,1-3H3,(H,13,15). The molecule has 1 aromatic rings. The Labute approximate surface area is 105 Å². The first kappa shape index (κ1) is 12.4. The highest BCUT2D eigenvalue weighted by atomic mass is 32.2. The van der Waals surface area contributed by atoms with Gasteiger partial charge in [0, 0.05) is 4.90 Å². The van der Waals surface area contributed by atoms with Crippen molar-refractivity contribution in [2.24, 2.45) is 0 Å². The molecule has 1 aliphatic rings. The number of hydrogen-bond acceptors (Lipinski definition) is 4. The van der Waals surface area contributed by atoms with Gasteiger partial charge in [0.2, 0.25) is 5.91 Å². The van der Waals surface area contributed by atoms with Crippen molar-refractivity contribution in [3.63, 3.8) is 0 Å². The maximum atomic E-state index is 11.6. The Kier molecular flexibility index (Phi) is 3.42. The van der Waals surface area contributed by atoms with Crippen molar-refractivity contribution >= 4 is 23.4 Å². The van der Waals surface area contributed by atoms with Crippen molar-refractivity contribution < 1.29 is 9.90 Å². The number of thioether (sulfide) groups is 1. The molecule has 0 fully saturated rings. The van der Waals surface area contributed by atoms with Gasteiger partial charge in [-0.25, -0.2) is 0 Å². The number of nitrogens with one attached hydrogen (secondary N) is 1. The zero-order valence-corrected chi connectivity index (χ0v) is 10.9. The molecule has 92 valence electrons. The van der Waals surface area contributed by atoms with Gasteiger partial charge in [-0.3, -0.25) is 9.69 Å². The Morgan fingerprint density at radius 2 is 2.18 bits per heavy atom. The molecule has 0 spiro atoms. The summed E-state index contributed by atoms with van der Waals surface area (Å²) in [6, 6.07) is 5.66. The lowest BCUT2D eigenvalue weighted by Gasteiger charge is -2.24. The number of carbonyl (C=O) groups excluding carboxylic acids is 1. The molecule has 5 heteroatoms. The quantitative estimate of drug-likeness (QED) is 0.786. The topological polar surface area (TPSA) is 52.6 Å². The highest BCUT2D eigenvalue weighted by Gasteiger charge is 2.23. The molecule has 0 aliphatic carbocycles. The highest BCUT2D eigenvalue weighted by molar-refractivity contribution is 8.00. The molecular formula is C12H16N2O2S. The Morgan fingerprint density at radius 3 is 2.82 bits per heavy atom. The summed E-state index contributed by atoms with van der Waals surface area (Å²) in [5.41, 5.74) is 1.57. The normalized spacial score (nSPS) is 21.0. The van der Waals surface area contributed by atoms with Gasteiger partial charge in [-0.2, -0.15) is 0 Å². The van der Waals surface area contributed by atoms with Crippen LogP contribution in [0.3, 0.4) is 0 Å². The lowest BCUT2D eigenvalue weighted by molar-refractivity contribution is -0.115. The van der Waals surface area contributed by atoms with Crippen LogP contribution in [0.5, 0.6) is 0 Å². The number of hydrogen-bond donors (Lipinski definition) is 2. The van der Waals surface area contributed by atoms with Crippen molar-refractivity contribution in [2.75, 3.05) is 19.4 Å². The van der Waals surface area contributed by atoms with Gasteiger partial charge >= 0.3 is 0 Å². The number of nitrogens with zero attached hydrogens (tertiary/aromatic N) is 1. The number of aliphatic hydroxyl groups excluding tert-OH is 1. The summed E-state index contributed by atoms with van der Waals surface area (Å²) in [6.07, 6.45) is -0.651. The number of anilines is 1. The summed E-state index contributed by atoms with van der Waals surface area (Å²) in [7, 11) is 3.61. The summed E-state index contributed by atoms with van der Waals surface area (Å²) < 4.78 is 0. The third-order valence-corrected chi connectivity index (χ3v) is 3.90. The van der Waals surface area contributed by atoms with Crippen LogP contribution in [0.4, 0.5) is 5.69 Å². The van der Waals surface area contributed by atoms with Crippen LogP contribution in [0, 0.1) is 0 Å². The Balaban J connectivity index is 2.32. The van der Waals surface area contributed by atoms with E-state index in [0.717, 1.165) is 16.1 Å². The minimum atomic E-state index is -0.651. The van der Waals surface area contributed by atoms with E-state index in [1.807, 2.05) is 25.1 Å². The van der Waals surface area contributed by atoms with Crippen LogP contribution in [0.2, 0.25) is 0 Å². The van der Waals surface area contributed by atoms with E-state index in [9.17, 15) is 9.90 Å². The van der Waals surface area contributed by atoms with Gasteiger partial charge in [0.05, 0.1) is 10.9 Å². The summed E-state index contributed by atoms with van der Waals surface area (Å²) in [5.74, 6) is 0.0130. The fourth-order valence-electron chi connectivity index (χ4n) is 1.69. The van der Waals surface area contributed by atoms with Gasteiger partial charge in [0.1, 0.15) is 6.23 Å². The molecule has 1 heterocycles. The van der Waals surface area contributed by atoms with Crippen molar-refractivity contribution in [1.29, 1.82) is 0 Å². The van der Waals surface area contributed by atoms with Gasteiger partial charge in [0.25, 0.3) is 0 Å². The third kappa shape index (κ3) is 2.46. The third-order valence-electron chi connectivity index (χ3n) is 2.72. The smallest absolute Gasteiger partial charge is 0.237 e. The van der Waals surface area contributed by atoms with Crippen LogP contribution in [0.25, 0.3) is 0 Å². The number of carbonyl (C=O) groups is 1. The minimum Gasteiger partial charge on any atom is -0.374 e. The van der Waals surface area contributed by atoms with E-state index < -0.39 is 6.23 Å². The first-order valence-electron chi connectivity index (χ1n) is 5.45. The fourth-order valence-corrected chi connectivity index (χ4v) is 2.62. The Bertz CT molecular complexity index is 448. The van der Waals surface area contributed by atoms with E-state index in [0.29, 0.717) is 0 Å². The van der Waals surface area contributed by atoms with E-state index in [2.05, 4.69) is 5.32 Å². The predicted octanol–water partition coefficient (Wildman–Crippen LogP) is 1.67. The first-order chi connectivity index (χ1) is 7.99. The molecule has 2 unspecified atom stereocenters. The second-order valence-corrected chi connectivity index (χ2v) is 5.72. The molecule has 0 bridgehead atoms. The van der Waals surface area contributed by atoms with Gasteiger partial charge in [-0.15, -0.1) is 11.8 Å². The van der Waals surface area contributed by atoms with Crippen LogP contribution >= 0.6 is 11.8 Å². The van der Waals surface area contributed by atoms with Gasteiger partial charge < -0.3 is 10.4 Å². The van der Waals surface area contributed by atoms with E-state index in [-0.39, 0.29) is 11.2 Å². The summed E-state index contributed by atoms with van der Waals surface area (Å²) in [5, 5.41) is 12.7. The molecule has 0 saturated carbocycles. The van der Waals surface area contributed by atoms with E-state index in [1.54, 1.807) is 30.8 Å². The molecule has 1 aliphatic heterocycles. The Morgan fingerprint density at radius 1 is 1.47 bits per heavy atom. The zero-order chi connectivity index (χ0) is 12.6. The van der Waals surface area contributed by atoms with E-state index in [4.69, 9.17) is 0 Å². The van der Waals surface area contributed by atoms with Crippen LogP contribution in [-0.2, 0) is 4.79 Å². The molecule has 4 nitrogen and oxygen atoms in total. The molecule has 0 radical (unpaired) electrons. The molecule has 1 aromatic carbocycles. The Hall–Kier alpha value is -1.04. The van der Waals surface area contributed by atoms with Crippen molar-refractivity contribution in [3.8, 4) is 0 Å². The minimum absolute atomic E-state index is 0.0130. The average Bonchev–Trinajstić information content (AvgIpc) is 2.29. The maximum Gasteiger partial charge on any atom is 0.237 e. The number of fused-ring (bicyclic) bond motifs is 1. The molecule has 17 heavy (non-hydrogen) atoms. The van der Waals surface area contributed by atoms with Crippen LogP contribution < -0.4 is 5.32 Å². The van der Waals surface area contributed by atoms with Crippen LogP contribution in [-0.4, -0.2) is 35.3 Å². The number of amides is 1. The molecule has 2 rings (SSSR count). The van der Waals surface area contributed by atoms with E-state index >= 15 is 0 Å². The summed E-state index contributed by atoms with van der Waals surface area (Å²) in [4.78, 5) is 14.3. The second kappa shape index (κ2) is 4.68. The number of benzene rings is 1. The largest absolute Gasteiger partial charge is 0.374 e. The highest BCUT2D eigenvalue weighted by Crippen LogP contribution is 2.36. The number of rotatable bonds is 2. The second-order valence-electron chi connectivity index (χ2n) is 4.34. The van der Waals surface area contributed by atoms with Crippen LogP contribution in [0.1, 0.15) is 18.7 Å². The number of aliphatic hydroxyl groups is 1. The summed E-state index contributed by atoms with van der Waals surface area (Å²) >= 11 is 1.54. The maximum absolute atomic E-state index is 11.6. The van der Waals surface area contributed by atoms with Gasteiger partial charge in [0.15, 0.2) is 0 Å². The molecule has 2 N–H and O–H groups in total.